The normalized spacial score (nSPS) is 17.4. The first kappa shape index (κ1) is 22.4. The zero-order valence-electron chi connectivity index (χ0n) is 16.7. The van der Waals surface area contributed by atoms with Gasteiger partial charge in [-0.1, -0.05) is 30.3 Å². The van der Waals surface area contributed by atoms with Crippen molar-refractivity contribution in [3.05, 3.63) is 45.6 Å². The molecule has 0 aliphatic heterocycles. The summed E-state index contributed by atoms with van der Waals surface area (Å²) in [5.74, 6) is 0.183. The number of aromatic nitrogens is 2. The van der Waals surface area contributed by atoms with Crippen LogP contribution in [0.15, 0.2) is 29.6 Å². The number of alkyl halides is 3. The number of hydrogen-bond donors (Lipinski definition) is 1. The molecule has 4 rings (SSSR count). The molecule has 1 aliphatic rings. The summed E-state index contributed by atoms with van der Waals surface area (Å²) in [6, 6.07) is 2.86. The van der Waals surface area contributed by atoms with Gasteiger partial charge in [0.2, 0.25) is 5.91 Å². The van der Waals surface area contributed by atoms with Crippen molar-refractivity contribution in [2.45, 2.75) is 49.6 Å². The maximum Gasteiger partial charge on any atom is 0.416 e. The molecule has 1 amide bonds. The number of nitrogens with zero attached hydrogens (tertiary/aromatic N) is 2. The highest BCUT2D eigenvalue weighted by atomic mass is 35.5. The van der Waals surface area contributed by atoms with Gasteiger partial charge in [0.15, 0.2) is 0 Å². The number of benzene rings is 1. The van der Waals surface area contributed by atoms with Gasteiger partial charge >= 0.3 is 6.18 Å². The van der Waals surface area contributed by atoms with Crippen LogP contribution in [0.5, 0.6) is 0 Å². The van der Waals surface area contributed by atoms with Gasteiger partial charge in [-0.15, -0.1) is 11.3 Å². The molecule has 0 radical (unpaired) electrons. The molecule has 0 fully saturated rings. The van der Waals surface area contributed by atoms with Crippen LogP contribution in [0.4, 0.5) is 18.9 Å². The highest BCUT2D eigenvalue weighted by Gasteiger charge is 2.31. The Labute approximate surface area is 190 Å². The highest BCUT2D eigenvalue weighted by molar-refractivity contribution is 8.00. The first-order valence-corrected chi connectivity index (χ1v) is 11.8. The van der Waals surface area contributed by atoms with Gasteiger partial charge in [0.1, 0.15) is 16.2 Å². The van der Waals surface area contributed by atoms with Gasteiger partial charge < -0.3 is 5.32 Å². The molecule has 1 N–H and O–H groups in total. The molecule has 4 nitrogen and oxygen atoms in total. The van der Waals surface area contributed by atoms with E-state index < -0.39 is 22.9 Å². The van der Waals surface area contributed by atoms with Crippen molar-refractivity contribution in [2.24, 2.45) is 5.92 Å². The molecular weight excluding hydrogens is 467 g/mol. The van der Waals surface area contributed by atoms with E-state index in [0.717, 1.165) is 52.7 Å². The lowest BCUT2D eigenvalue weighted by molar-refractivity contribution is -0.137. The van der Waals surface area contributed by atoms with Crippen LogP contribution in [0.2, 0.25) is 5.02 Å². The summed E-state index contributed by atoms with van der Waals surface area (Å²) in [6.07, 6.45) is 0.0429. The Bertz CT molecular complexity index is 1150. The van der Waals surface area contributed by atoms with Crippen molar-refractivity contribution in [2.75, 3.05) is 5.32 Å². The van der Waals surface area contributed by atoms with E-state index in [1.165, 1.54) is 28.5 Å². The number of anilines is 1. The molecular formula is C21H19ClF3N3OS2. The van der Waals surface area contributed by atoms with E-state index in [1.54, 1.807) is 18.3 Å². The van der Waals surface area contributed by atoms with Crippen LogP contribution in [0.1, 0.15) is 36.3 Å². The minimum Gasteiger partial charge on any atom is -0.324 e. The van der Waals surface area contributed by atoms with Gasteiger partial charge in [-0.25, -0.2) is 9.97 Å². The number of nitrogens with one attached hydrogen (secondary N) is 1. The van der Waals surface area contributed by atoms with Crippen LogP contribution < -0.4 is 5.32 Å². The second-order valence-corrected chi connectivity index (χ2v) is 10.5. The number of carbonyl (C=O) groups excluding carboxylic acids is 1. The van der Waals surface area contributed by atoms with Crippen LogP contribution in [-0.2, 0) is 23.8 Å². The second kappa shape index (κ2) is 8.60. The number of hydrogen-bond acceptors (Lipinski definition) is 5. The maximum absolute atomic E-state index is 13.0. The lowest BCUT2D eigenvalue weighted by Gasteiger charge is -2.18. The van der Waals surface area contributed by atoms with Gasteiger partial charge in [0.25, 0.3) is 0 Å². The number of halogens is 4. The molecule has 0 saturated heterocycles. The molecule has 1 aromatic carbocycles. The largest absolute Gasteiger partial charge is 0.416 e. The summed E-state index contributed by atoms with van der Waals surface area (Å²) in [6.45, 7) is 3.93. The smallest absolute Gasteiger partial charge is 0.324 e. The molecule has 10 heteroatoms. The number of fused-ring (bicyclic) bond motifs is 3. The summed E-state index contributed by atoms with van der Waals surface area (Å²) in [5.41, 5.74) is 0.322. The Balaban J connectivity index is 1.56. The number of carbonyl (C=O) groups is 1. The summed E-state index contributed by atoms with van der Waals surface area (Å²) < 4.78 is 39.0. The van der Waals surface area contributed by atoms with E-state index in [-0.39, 0.29) is 10.7 Å². The molecule has 0 unspecified atom stereocenters. The third kappa shape index (κ3) is 4.68. The second-order valence-electron chi connectivity index (χ2n) is 7.65. The van der Waals surface area contributed by atoms with Gasteiger partial charge in [-0.05, 0) is 55.9 Å². The third-order valence-corrected chi connectivity index (χ3v) is 7.86. The van der Waals surface area contributed by atoms with Gasteiger partial charge in [0, 0.05) is 10.3 Å². The summed E-state index contributed by atoms with van der Waals surface area (Å²) in [7, 11) is 0. The van der Waals surface area contributed by atoms with Crippen molar-refractivity contribution in [1.29, 1.82) is 0 Å². The van der Waals surface area contributed by atoms with Crippen molar-refractivity contribution in [1.82, 2.24) is 9.97 Å². The molecule has 2 heterocycles. The average Bonchev–Trinajstić information content (AvgIpc) is 3.07. The standard InChI is InChI=1S/C21H19ClF3N3OS2/c1-10-3-5-13-16(7-10)31-20-17(13)19(26-9-27-20)30-11(2)18(29)28-15-8-12(21(23,24)25)4-6-14(15)22/h4,6,8-11H,3,5,7H2,1-2H3,(H,28,29)/t10-,11+/m1/s1. The fraction of sp³-hybridized carbons (Fsp3) is 0.381. The monoisotopic (exact) mass is 485 g/mol. The first-order valence-electron chi connectivity index (χ1n) is 9.73. The number of thiophene rings is 1. The Hall–Kier alpha value is -1.84. The van der Waals surface area contributed by atoms with Crippen LogP contribution >= 0.6 is 34.7 Å². The highest BCUT2D eigenvalue weighted by Crippen LogP contribution is 2.41. The topological polar surface area (TPSA) is 54.9 Å². The van der Waals surface area contributed by atoms with Gasteiger partial charge in [0.05, 0.1) is 21.5 Å². The van der Waals surface area contributed by atoms with E-state index in [0.29, 0.717) is 5.92 Å². The number of aryl methyl sites for hydroxylation is 1. The first-order chi connectivity index (χ1) is 14.6. The lowest BCUT2D eigenvalue weighted by Crippen LogP contribution is -2.23. The van der Waals surface area contributed by atoms with E-state index in [9.17, 15) is 18.0 Å². The molecule has 164 valence electrons. The third-order valence-electron chi connectivity index (χ3n) is 5.27. The lowest BCUT2D eigenvalue weighted by atomic mass is 9.89. The fourth-order valence-corrected chi connectivity index (χ4v) is 6.11. The minimum atomic E-state index is -4.52. The van der Waals surface area contributed by atoms with E-state index in [4.69, 9.17) is 11.6 Å². The zero-order chi connectivity index (χ0) is 22.3. The summed E-state index contributed by atoms with van der Waals surface area (Å²) in [5, 5.41) is 3.68. The van der Waals surface area contributed by atoms with Crippen molar-refractivity contribution < 1.29 is 18.0 Å². The van der Waals surface area contributed by atoms with Crippen LogP contribution in [0, 0.1) is 5.92 Å². The van der Waals surface area contributed by atoms with Crippen molar-refractivity contribution >= 4 is 56.5 Å². The average molecular weight is 486 g/mol. The minimum absolute atomic E-state index is 0.0454. The Morgan fingerprint density at radius 3 is 2.87 bits per heavy atom. The molecule has 31 heavy (non-hydrogen) atoms. The predicted octanol–water partition coefficient (Wildman–Crippen LogP) is 6.61. The summed E-state index contributed by atoms with van der Waals surface area (Å²) in [4.78, 5) is 23.8. The Morgan fingerprint density at radius 1 is 1.35 bits per heavy atom. The maximum atomic E-state index is 13.0. The SMILES string of the molecule is C[C@@H]1CCc2c(sc3ncnc(S[C@@H](C)C(=O)Nc4cc(C(F)(F)F)ccc4Cl)c23)C1. The van der Waals surface area contributed by atoms with Crippen LogP contribution in [0.25, 0.3) is 10.2 Å². The Kier molecular flexibility index (Phi) is 6.20. The fourth-order valence-electron chi connectivity index (χ4n) is 3.59. The molecule has 3 aromatic rings. The van der Waals surface area contributed by atoms with E-state index in [1.807, 2.05) is 0 Å². The summed E-state index contributed by atoms with van der Waals surface area (Å²) >= 11 is 8.95. The van der Waals surface area contributed by atoms with Crippen molar-refractivity contribution in [3.63, 3.8) is 0 Å². The van der Waals surface area contributed by atoms with Crippen LogP contribution in [-0.4, -0.2) is 21.1 Å². The Morgan fingerprint density at radius 2 is 2.13 bits per heavy atom. The zero-order valence-corrected chi connectivity index (χ0v) is 19.1. The van der Waals surface area contributed by atoms with Gasteiger partial charge in [-0.3, -0.25) is 4.79 Å². The molecule has 2 aromatic heterocycles. The molecule has 2 atom stereocenters. The van der Waals surface area contributed by atoms with Gasteiger partial charge in [-0.2, -0.15) is 13.2 Å². The van der Waals surface area contributed by atoms with Crippen LogP contribution in [0.3, 0.4) is 0 Å². The van der Waals surface area contributed by atoms with Crippen molar-refractivity contribution in [3.8, 4) is 0 Å². The molecule has 0 saturated carbocycles. The number of thioether (sulfide) groups is 1. The van der Waals surface area contributed by atoms with E-state index in [2.05, 4.69) is 22.2 Å². The quantitative estimate of drug-likeness (QED) is 0.334. The number of rotatable bonds is 4. The molecule has 0 bridgehead atoms. The molecule has 1 aliphatic carbocycles. The predicted molar refractivity (Wildman–Crippen MR) is 119 cm³/mol. The molecule has 0 spiro atoms. The van der Waals surface area contributed by atoms with E-state index >= 15 is 0 Å². The number of amides is 1.